The molecule has 2 aromatic rings. The number of pyridine rings is 1. The number of carbonyl (C=O) groups is 2. The molecule has 1 aromatic carbocycles. The average molecular weight is 325 g/mol. The van der Waals surface area contributed by atoms with Crippen LogP contribution in [0.1, 0.15) is 30.6 Å². The molecule has 3 rings (SSSR count). The van der Waals surface area contributed by atoms with Gasteiger partial charge in [-0.25, -0.2) is 0 Å². The second-order valence-electron chi connectivity index (χ2n) is 6.43. The van der Waals surface area contributed by atoms with E-state index in [1.807, 2.05) is 31.2 Å². The van der Waals surface area contributed by atoms with Crippen molar-refractivity contribution in [2.45, 2.75) is 20.3 Å². The van der Waals surface area contributed by atoms with Crippen LogP contribution in [0.4, 0.5) is 5.69 Å². The standard InChI is InChI=1S/C19H23N3O2/c1-3-20-19(24)14-4-5-16-17(10-14)21-8-6-18(16)22-9-7-15(12-23)13(2)11-22/h4-6,8,10,12-13,15H,3,7,9,11H2,1-2H3,(H,20,24). The van der Waals surface area contributed by atoms with Gasteiger partial charge in [-0.15, -0.1) is 0 Å². The van der Waals surface area contributed by atoms with Gasteiger partial charge in [0.15, 0.2) is 0 Å². The predicted molar refractivity (Wildman–Crippen MR) is 95.3 cm³/mol. The number of anilines is 1. The molecule has 126 valence electrons. The van der Waals surface area contributed by atoms with E-state index in [0.29, 0.717) is 18.0 Å². The number of nitrogens with one attached hydrogen (secondary N) is 1. The van der Waals surface area contributed by atoms with Gasteiger partial charge in [-0.1, -0.05) is 6.92 Å². The van der Waals surface area contributed by atoms with Crippen LogP contribution in [0.5, 0.6) is 0 Å². The normalized spacial score (nSPS) is 20.8. The first-order valence-corrected chi connectivity index (χ1v) is 8.51. The molecule has 1 aliphatic heterocycles. The molecule has 1 aromatic heterocycles. The van der Waals surface area contributed by atoms with Crippen molar-refractivity contribution in [3.8, 4) is 0 Å². The fraction of sp³-hybridized carbons (Fsp3) is 0.421. The maximum absolute atomic E-state index is 12.0. The van der Waals surface area contributed by atoms with Crippen LogP contribution >= 0.6 is 0 Å². The lowest BCUT2D eigenvalue weighted by Gasteiger charge is -2.36. The number of nitrogens with zero attached hydrogens (tertiary/aromatic N) is 2. The van der Waals surface area contributed by atoms with E-state index in [-0.39, 0.29) is 11.8 Å². The summed E-state index contributed by atoms with van der Waals surface area (Å²) in [4.78, 5) is 29.9. The zero-order valence-corrected chi connectivity index (χ0v) is 14.2. The summed E-state index contributed by atoms with van der Waals surface area (Å²) in [5, 5.41) is 3.86. The highest BCUT2D eigenvalue weighted by Crippen LogP contribution is 2.31. The van der Waals surface area contributed by atoms with Gasteiger partial charge in [0, 0.05) is 48.4 Å². The van der Waals surface area contributed by atoms with Crippen LogP contribution in [-0.4, -0.2) is 36.8 Å². The summed E-state index contributed by atoms with van der Waals surface area (Å²) in [5.41, 5.74) is 2.57. The summed E-state index contributed by atoms with van der Waals surface area (Å²) in [5.74, 6) is 0.416. The van der Waals surface area contributed by atoms with Gasteiger partial charge in [-0.05, 0) is 43.5 Å². The SMILES string of the molecule is CCNC(=O)c1ccc2c(N3CCC(C=O)C(C)C3)ccnc2c1. The van der Waals surface area contributed by atoms with Crippen molar-refractivity contribution < 1.29 is 9.59 Å². The minimum atomic E-state index is -0.0768. The number of aldehydes is 1. The van der Waals surface area contributed by atoms with E-state index in [1.54, 1.807) is 6.20 Å². The Hall–Kier alpha value is -2.43. The van der Waals surface area contributed by atoms with Gasteiger partial charge < -0.3 is 15.0 Å². The Morgan fingerprint density at radius 3 is 2.96 bits per heavy atom. The van der Waals surface area contributed by atoms with Crippen LogP contribution in [0.2, 0.25) is 0 Å². The maximum atomic E-state index is 12.0. The molecular weight excluding hydrogens is 302 g/mol. The first kappa shape index (κ1) is 16.4. The molecule has 1 amide bonds. The van der Waals surface area contributed by atoms with Crippen molar-refractivity contribution in [3.05, 3.63) is 36.0 Å². The number of benzene rings is 1. The first-order chi connectivity index (χ1) is 11.6. The van der Waals surface area contributed by atoms with Crippen molar-refractivity contribution >= 4 is 28.8 Å². The molecule has 1 aliphatic rings. The highest BCUT2D eigenvalue weighted by atomic mass is 16.1. The van der Waals surface area contributed by atoms with E-state index in [4.69, 9.17) is 0 Å². The molecule has 1 saturated heterocycles. The molecule has 5 heteroatoms. The van der Waals surface area contributed by atoms with Crippen molar-refractivity contribution in [3.63, 3.8) is 0 Å². The van der Waals surface area contributed by atoms with Gasteiger partial charge in [0.05, 0.1) is 5.52 Å². The largest absolute Gasteiger partial charge is 0.371 e. The third kappa shape index (κ3) is 3.11. The van der Waals surface area contributed by atoms with Crippen LogP contribution in [-0.2, 0) is 4.79 Å². The van der Waals surface area contributed by atoms with Gasteiger partial charge in [-0.3, -0.25) is 9.78 Å². The molecule has 0 spiro atoms. The number of hydrogen-bond acceptors (Lipinski definition) is 4. The quantitative estimate of drug-likeness (QED) is 0.878. The van der Waals surface area contributed by atoms with Gasteiger partial charge in [0.25, 0.3) is 5.91 Å². The number of carbonyl (C=O) groups excluding carboxylic acids is 2. The number of rotatable bonds is 4. The zero-order valence-electron chi connectivity index (χ0n) is 14.2. The maximum Gasteiger partial charge on any atom is 0.251 e. The smallest absolute Gasteiger partial charge is 0.251 e. The molecule has 0 aliphatic carbocycles. The van der Waals surface area contributed by atoms with E-state index in [1.165, 1.54) is 0 Å². The topological polar surface area (TPSA) is 62.3 Å². The number of hydrogen-bond donors (Lipinski definition) is 1. The van der Waals surface area contributed by atoms with E-state index >= 15 is 0 Å². The Balaban J connectivity index is 1.92. The fourth-order valence-electron chi connectivity index (χ4n) is 3.40. The Bertz CT molecular complexity index is 759. The molecule has 1 fully saturated rings. The summed E-state index contributed by atoms with van der Waals surface area (Å²) >= 11 is 0. The summed E-state index contributed by atoms with van der Waals surface area (Å²) in [6.45, 7) is 6.36. The summed E-state index contributed by atoms with van der Waals surface area (Å²) < 4.78 is 0. The number of amides is 1. The molecule has 0 saturated carbocycles. The van der Waals surface area contributed by atoms with E-state index in [9.17, 15) is 9.59 Å². The minimum absolute atomic E-state index is 0.0768. The second kappa shape index (κ2) is 6.99. The van der Waals surface area contributed by atoms with Crippen molar-refractivity contribution in [1.29, 1.82) is 0 Å². The number of fused-ring (bicyclic) bond motifs is 1. The van der Waals surface area contributed by atoms with Crippen LogP contribution in [0.25, 0.3) is 10.9 Å². The lowest BCUT2D eigenvalue weighted by molar-refractivity contribution is -0.112. The van der Waals surface area contributed by atoms with Crippen LogP contribution < -0.4 is 10.2 Å². The average Bonchev–Trinajstić information content (AvgIpc) is 2.61. The molecule has 0 radical (unpaired) electrons. The van der Waals surface area contributed by atoms with E-state index in [2.05, 4.69) is 22.1 Å². The van der Waals surface area contributed by atoms with E-state index in [0.717, 1.165) is 42.4 Å². The highest BCUT2D eigenvalue weighted by Gasteiger charge is 2.26. The summed E-state index contributed by atoms with van der Waals surface area (Å²) in [6, 6.07) is 7.67. The van der Waals surface area contributed by atoms with Crippen molar-refractivity contribution in [1.82, 2.24) is 10.3 Å². The highest BCUT2D eigenvalue weighted by molar-refractivity contribution is 6.00. The molecule has 5 nitrogen and oxygen atoms in total. The fourth-order valence-corrected chi connectivity index (χ4v) is 3.40. The Kier molecular flexibility index (Phi) is 4.79. The van der Waals surface area contributed by atoms with Gasteiger partial charge in [0.2, 0.25) is 0 Å². The lowest BCUT2D eigenvalue weighted by Crippen LogP contribution is -2.40. The molecule has 2 heterocycles. The third-order valence-corrected chi connectivity index (χ3v) is 4.81. The second-order valence-corrected chi connectivity index (χ2v) is 6.43. The monoisotopic (exact) mass is 325 g/mol. The van der Waals surface area contributed by atoms with Crippen LogP contribution in [0, 0.1) is 11.8 Å². The Morgan fingerprint density at radius 1 is 1.42 bits per heavy atom. The lowest BCUT2D eigenvalue weighted by atomic mass is 9.88. The van der Waals surface area contributed by atoms with Gasteiger partial charge in [-0.2, -0.15) is 0 Å². The van der Waals surface area contributed by atoms with Crippen LogP contribution in [0.15, 0.2) is 30.5 Å². The zero-order chi connectivity index (χ0) is 17.1. The van der Waals surface area contributed by atoms with Crippen molar-refractivity contribution in [2.24, 2.45) is 11.8 Å². The van der Waals surface area contributed by atoms with E-state index < -0.39 is 0 Å². The molecule has 2 atom stereocenters. The van der Waals surface area contributed by atoms with Crippen LogP contribution in [0.3, 0.4) is 0 Å². The Morgan fingerprint density at radius 2 is 2.25 bits per heavy atom. The first-order valence-electron chi connectivity index (χ1n) is 8.51. The van der Waals surface area contributed by atoms with Crippen molar-refractivity contribution in [2.75, 3.05) is 24.5 Å². The van der Waals surface area contributed by atoms with Gasteiger partial charge in [0.1, 0.15) is 6.29 Å². The summed E-state index contributed by atoms with van der Waals surface area (Å²) in [6.07, 6.45) is 3.76. The van der Waals surface area contributed by atoms with Gasteiger partial charge >= 0.3 is 0 Å². The molecular formula is C19H23N3O2. The molecule has 1 N–H and O–H groups in total. The Labute approximate surface area is 142 Å². The minimum Gasteiger partial charge on any atom is -0.371 e. The molecule has 24 heavy (non-hydrogen) atoms. The summed E-state index contributed by atoms with van der Waals surface area (Å²) in [7, 11) is 0. The molecule has 0 bridgehead atoms. The third-order valence-electron chi connectivity index (χ3n) is 4.81. The number of piperidine rings is 1. The molecule has 2 unspecified atom stereocenters. The number of aromatic nitrogens is 1. The predicted octanol–water partition coefficient (Wildman–Crippen LogP) is 2.65.